The van der Waals surface area contributed by atoms with E-state index in [1.807, 2.05) is 81.5 Å². The number of nitrogens with one attached hydrogen (secondary N) is 2. The van der Waals surface area contributed by atoms with Crippen LogP contribution in [0.15, 0.2) is 94.8 Å². The first-order valence-corrected chi connectivity index (χ1v) is 13.5. The lowest BCUT2D eigenvalue weighted by Gasteiger charge is -2.25. The van der Waals surface area contributed by atoms with Crippen LogP contribution in [0.25, 0.3) is 12.2 Å². The number of carbonyl (C=O) groups is 1. The number of aryl methyl sites for hydroxylation is 1. The zero-order chi connectivity index (χ0) is 28.4. The molecule has 9 nitrogen and oxygen atoms in total. The van der Waals surface area contributed by atoms with E-state index >= 15 is 0 Å². The summed E-state index contributed by atoms with van der Waals surface area (Å²) < 4.78 is 0. The number of Topliss-reactive ketones (excluding diaryl/α,β-unsaturated/α-hetero) is 1. The Morgan fingerprint density at radius 3 is 2.51 bits per heavy atom. The van der Waals surface area contributed by atoms with Gasteiger partial charge in [0.25, 0.3) is 0 Å². The molecule has 0 radical (unpaired) electrons. The molecule has 4 aliphatic heterocycles. The van der Waals surface area contributed by atoms with Gasteiger partial charge in [-0.05, 0) is 81.5 Å². The number of fused-ring (bicyclic) bond motifs is 6. The molecule has 7 heterocycles. The lowest BCUT2D eigenvalue weighted by Crippen LogP contribution is -2.43. The molecule has 4 aliphatic rings. The second kappa shape index (κ2) is 8.87. The first-order valence-electron chi connectivity index (χ1n) is 13.2. The van der Waals surface area contributed by atoms with Crippen LogP contribution in [0.1, 0.15) is 30.9 Å². The van der Waals surface area contributed by atoms with E-state index in [-0.39, 0.29) is 10.9 Å². The maximum atomic E-state index is 14.5. The normalized spacial score (nSPS) is 25.5. The van der Waals surface area contributed by atoms with Gasteiger partial charge in [0.05, 0.1) is 40.6 Å². The molecule has 202 valence electrons. The van der Waals surface area contributed by atoms with Crippen molar-refractivity contribution in [2.24, 2.45) is 15.4 Å². The minimum absolute atomic E-state index is 0.104. The summed E-state index contributed by atoms with van der Waals surface area (Å²) >= 11 is 6.30. The standard InChI is InChI=1S/C31H25ClN8O/c1-18-34-14-19(15-35-18)30-9-8-23(39-30)11-22-5-4-20(36-22)10-21-6-7-24(37-21)12-31(26-16-33-17-27(32)38-26)28(41)29(2,3)25(13-30)40-31/h4-17,37,40H,1-3H3. The second-order valence-electron chi connectivity index (χ2n) is 11.0. The van der Waals surface area contributed by atoms with Crippen LogP contribution >= 0.6 is 11.6 Å². The number of hydrogen-bond donors (Lipinski definition) is 2. The van der Waals surface area contributed by atoms with Gasteiger partial charge in [-0.2, -0.15) is 0 Å². The zero-order valence-corrected chi connectivity index (χ0v) is 23.3. The highest BCUT2D eigenvalue weighted by Gasteiger charge is 2.56. The average molecular weight is 561 g/mol. The van der Waals surface area contributed by atoms with Gasteiger partial charge in [-0.3, -0.25) is 14.8 Å². The molecule has 3 aromatic heterocycles. The van der Waals surface area contributed by atoms with E-state index in [2.05, 4.69) is 30.2 Å². The van der Waals surface area contributed by atoms with Gasteiger partial charge in [-0.15, -0.1) is 0 Å². The summed E-state index contributed by atoms with van der Waals surface area (Å²) in [6.07, 6.45) is 22.1. The summed E-state index contributed by atoms with van der Waals surface area (Å²) in [4.78, 5) is 45.5. The molecule has 8 bridgehead atoms. The molecule has 0 saturated carbocycles. The lowest BCUT2D eigenvalue weighted by atomic mass is 9.77. The fraction of sp³-hybridized carbons (Fsp3) is 0.194. The van der Waals surface area contributed by atoms with E-state index in [4.69, 9.17) is 21.6 Å². The summed E-state index contributed by atoms with van der Waals surface area (Å²) in [6.45, 7) is 5.63. The molecule has 0 aromatic carbocycles. The van der Waals surface area contributed by atoms with E-state index in [9.17, 15) is 4.79 Å². The van der Waals surface area contributed by atoms with E-state index < -0.39 is 16.5 Å². The average Bonchev–Trinajstić information content (AvgIpc) is 3.71. The van der Waals surface area contributed by atoms with Crippen molar-refractivity contribution >= 4 is 41.0 Å². The van der Waals surface area contributed by atoms with Crippen LogP contribution in [0, 0.1) is 12.3 Å². The third-order valence-electron chi connectivity index (χ3n) is 7.76. The highest BCUT2D eigenvalue weighted by atomic mass is 35.5. The van der Waals surface area contributed by atoms with E-state index in [1.54, 1.807) is 18.6 Å². The number of carbonyl (C=O) groups excluding carboxylic acids is 1. The molecule has 7 rings (SSSR count). The zero-order valence-electron chi connectivity index (χ0n) is 22.6. The Balaban J connectivity index is 1.54. The van der Waals surface area contributed by atoms with E-state index in [0.29, 0.717) is 17.2 Å². The SMILES string of the molecule is Cc1ncc(C23C=CC(=N2)C=C2C=CC(=N2)C=c2ccc([nH]2)=CC2(c4cncc(Cl)n4)NC(=C3)C(C)(C)C2=O)cn1. The lowest BCUT2D eigenvalue weighted by molar-refractivity contribution is -0.126. The molecule has 41 heavy (non-hydrogen) atoms. The molecular weight excluding hydrogens is 536 g/mol. The van der Waals surface area contributed by atoms with Gasteiger partial charge >= 0.3 is 0 Å². The molecule has 0 spiro atoms. The minimum Gasteiger partial charge on any atom is -0.367 e. The highest BCUT2D eigenvalue weighted by Crippen LogP contribution is 2.47. The van der Waals surface area contributed by atoms with Gasteiger partial charge in [0.1, 0.15) is 16.5 Å². The molecule has 0 aliphatic carbocycles. The fourth-order valence-corrected chi connectivity index (χ4v) is 5.71. The number of rotatable bonds is 2. The molecule has 2 unspecified atom stereocenters. The third kappa shape index (κ3) is 4.12. The van der Waals surface area contributed by atoms with E-state index in [1.165, 1.54) is 6.20 Å². The molecule has 2 atom stereocenters. The van der Waals surface area contributed by atoms with Gasteiger partial charge in [-0.25, -0.2) is 19.9 Å². The topological polar surface area (TPSA) is 121 Å². The number of ketones is 1. The van der Waals surface area contributed by atoms with Gasteiger partial charge < -0.3 is 10.3 Å². The van der Waals surface area contributed by atoms with Crippen molar-refractivity contribution in [3.63, 3.8) is 0 Å². The van der Waals surface area contributed by atoms with E-state index in [0.717, 1.165) is 33.4 Å². The Morgan fingerprint density at radius 1 is 0.902 bits per heavy atom. The summed E-state index contributed by atoms with van der Waals surface area (Å²) in [6, 6.07) is 3.87. The van der Waals surface area contributed by atoms with Crippen molar-refractivity contribution in [1.82, 2.24) is 30.2 Å². The number of H-pyrrole nitrogens is 1. The van der Waals surface area contributed by atoms with Crippen LogP contribution < -0.4 is 16.0 Å². The van der Waals surface area contributed by atoms with Gasteiger partial charge in [-0.1, -0.05) is 11.6 Å². The maximum Gasteiger partial charge on any atom is 0.179 e. The molecule has 1 saturated heterocycles. The second-order valence-corrected chi connectivity index (χ2v) is 11.4. The number of aromatic nitrogens is 5. The van der Waals surface area contributed by atoms with Crippen LogP contribution in [0.5, 0.6) is 0 Å². The van der Waals surface area contributed by atoms with Gasteiger partial charge in [0.2, 0.25) is 0 Å². The molecule has 1 fully saturated rings. The molecular formula is C31H25ClN8O. The number of aromatic amines is 1. The number of nitrogens with zero attached hydrogens (tertiary/aromatic N) is 6. The summed E-state index contributed by atoms with van der Waals surface area (Å²) in [5.74, 6) is 0.550. The van der Waals surface area contributed by atoms with Crippen molar-refractivity contribution in [3.8, 4) is 0 Å². The Morgan fingerprint density at radius 2 is 1.71 bits per heavy atom. The van der Waals surface area contributed by atoms with Crippen molar-refractivity contribution in [3.05, 3.63) is 118 Å². The predicted molar refractivity (Wildman–Crippen MR) is 157 cm³/mol. The Hall–Kier alpha value is -4.76. The largest absolute Gasteiger partial charge is 0.367 e. The van der Waals surface area contributed by atoms with Crippen molar-refractivity contribution in [2.75, 3.05) is 0 Å². The monoisotopic (exact) mass is 560 g/mol. The number of allylic oxidation sites excluding steroid dienone is 5. The van der Waals surface area contributed by atoms with Crippen molar-refractivity contribution in [2.45, 2.75) is 31.8 Å². The highest BCUT2D eigenvalue weighted by molar-refractivity contribution is 6.29. The first kappa shape index (κ1) is 25.2. The van der Waals surface area contributed by atoms with Crippen molar-refractivity contribution < 1.29 is 4.79 Å². The van der Waals surface area contributed by atoms with Crippen LogP contribution in [-0.4, -0.2) is 42.1 Å². The van der Waals surface area contributed by atoms with Crippen molar-refractivity contribution in [1.29, 1.82) is 0 Å². The van der Waals surface area contributed by atoms with Crippen LogP contribution in [0.3, 0.4) is 0 Å². The Labute approximate surface area is 240 Å². The first-order chi connectivity index (χ1) is 19.6. The van der Waals surface area contributed by atoms with Crippen LogP contribution in [0.4, 0.5) is 0 Å². The third-order valence-corrected chi connectivity index (χ3v) is 7.94. The molecule has 2 N–H and O–H groups in total. The number of halogens is 1. The quantitative estimate of drug-likeness (QED) is 0.497. The van der Waals surface area contributed by atoms with Gasteiger partial charge in [0, 0.05) is 34.4 Å². The molecule has 10 heteroatoms. The van der Waals surface area contributed by atoms with Crippen LogP contribution in [-0.2, 0) is 15.9 Å². The smallest absolute Gasteiger partial charge is 0.179 e. The number of hydrogen-bond acceptors (Lipinski definition) is 8. The molecule has 0 amide bonds. The summed E-state index contributed by atoms with van der Waals surface area (Å²) in [7, 11) is 0. The fourth-order valence-electron chi connectivity index (χ4n) is 5.57. The Kier molecular flexibility index (Phi) is 5.46. The maximum absolute atomic E-state index is 14.5. The predicted octanol–water partition coefficient (Wildman–Crippen LogP) is 2.91. The summed E-state index contributed by atoms with van der Waals surface area (Å²) in [5.41, 5.74) is 0.889. The van der Waals surface area contributed by atoms with Crippen LogP contribution in [0.2, 0.25) is 5.15 Å². The number of aliphatic imine (C=N–C) groups is 2. The Bertz CT molecular complexity index is 1940. The molecule has 3 aromatic rings. The van der Waals surface area contributed by atoms with Gasteiger partial charge in [0.15, 0.2) is 11.3 Å². The minimum atomic E-state index is -1.36. The summed E-state index contributed by atoms with van der Waals surface area (Å²) in [5, 5.41) is 5.32.